The summed E-state index contributed by atoms with van der Waals surface area (Å²) < 4.78 is 5.40. The Morgan fingerprint density at radius 2 is 1.87 bits per heavy atom. The van der Waals surface area contributed by atoms with Crippen molar-refractivity contribution < 1.29 is 14.3 Å². The van der Waals surface area contributed by atoms with E-state index in [0.717, 1.165) is 25.9 Å². The maximum absolute atomic E-state index is 11.0. The summed E-state index contributed by atoms with van der Waals surface area (Å²) in [7, 11) is 0. The normalized spacial score (nSPS) is 19.6. The van der Waals surface area contributed by atoms with Gasteiger partial charge in [0.15, 0.2) is 0 Å². The fourth-order valence-electron chi connectivity index (χ4n) is 1.99. The van der Waals surface area contributed by atoms with Crippen LogP contribution in [0.2, 0.25) is 0 Å². The first-order valence-corrected chi connectivity index (χ1v) is 5.44. The van der Waals surface area contributed by atoms with Gasteiger partial charge >= 0.3 is 5.97 Å². The first-order chi connectivity index (χ1) is 7.04. The minimum absolute atomic E-state index is 0.153. The molecule has 0 bridgehead atoms. The highest BCUT2D eigenvalue weighted by Crippen LogP contribution is 2.28. The summed E-state index contributed by atoms with van der Waals surface area (Å²) in [5.74, 6) is -0.0967. The molecule has 1 N–H and O–H groups in total. The zero-order valence-electron chi connectivity index (χ0n) is 9.47. The Hall–Kier alpha value is -0.900. The first-order valence-electron chi connectivity index (χ1n) is 5.44. The fourth-order valence-corrected chi connectivity index (χ4v) is 1.99. The van der Waals surface area contributed by atoms with E-state index in [1.807, 2.05) is 0 Å². The van der Waals surface area contributed by atoms with Crippen molar-refractivity contribution in [1.29, 1.82) is 0 Å². The molecule has 0 aromatic heterocycles. The molecule has 0 atom stereocenters. The van der Waals surface area contributed by atoms with E-state index in [9.17, 15) is 9.59 Å². The van der Waals surface area contributed by atoms with Gasteiger partial charge in [0.25, 0.3) is 0 Å². The van der Waals surface area contributed by atoms with Crippen LogP contribution in [0.1, 0.15) is 39.5 Å². The van der Waals surface area contributed by atoms with E-state index in [0.29, 0.717) is 12.8 Å². The molecule has 0 spiro atoms. The number of esters is 1. The summed E-state index contributed by atoms with van der Waals surface area (Å²) in [4.78, 5) is 22.0. The quantitative estimate of drug-likeness (QED) is 0.709. The molecule has 0 radical (unpaired) electrons. The molecular formula is C11H19NO3. The molecule has 0 saturated carbocycles. The second-order valence-corrected chi connectivity index (χ2v) is 4.23. The molecule has 1 aliphatic heterocycles. The molecule has 0 aromatic carbocycles. The number of piperidine rings is 1. The third-order valence-electron chi connectivity index (χ3n) is 2.81. The van der Waals surface area contributed by atoms with E-state index >= 15 is 0 Å². The van der Waals surface area contributed by atoms with Gasteiger partial charge in [0, 0.05) is 13.3 Å². The Kier molecular flexibility index (Phi) is 4.27. The SMILES string of the molecule is CC(=O)CCC1(OC(C)=O)CCNCC1. The summed E-state index contributed by atoms with van der Waals surface area (Å²) in [6.07, 6.45) is 2.76. The summed E-state index contributed by atoms with van der Waals surface area (Å²) in [5.41, 5.74) is -0.400. The largest absolute Gasteiger partial charge is 0.459 e. The van der Waals surface area contributed by atoms with Gasteiger partial charge in [-0.3, -0.25) is 4.79 Å². The van der Waals surface area contributed by atoms with Crippen molar-refractivity contribution in [2.24, 2.45) is 0 Å². The third kappa shape index (κ3) is 4.00. The van der Waals surface area contributed by atoms with Gasteiger partial charge in [-0.1, -0.05) is 0 Å². The molecule has 86 valence electrons. The van der Waals surface area contributed by atoms with Gasteiger partial charge in [-0.2, -0.15) is 0 Å². The second kappa shape index (κ2) is 5.26. The van der Waals surface area contributed by atoms with E-state index in [2.05, 4.69) is 5.32 Å². The molecule has 1 fully saturated rings. The molecule has 4 heteroatoms. The van der Waals surface area contributed by atoms with Crippen molar-refractivity contribution in [3.8, 4) is 0 Å². The average molecular weight is 213 g/mol. The monoisotopic (exact) mass is 213 g/mol. The van der Waals surface area contributed by atoms with Crippen molar-refractivity contribution in [1.82, 2.24) is 5.32 Å². The number of ketones is 1. The zero-order chi connectivity index (χ0) is 11.3. The molecule has 1 saturated heterocycles. The molecule has 1 rings (SSSR count). The lowest BCUT2D eigenvalue weighted by Gasteiger charge is -2.36. The van der Waals surface area contributed by atoms with Crippen LogP contribution in [0.15, 0.2) is 0 Å². The Labute approximate surface area is 90.4 Å². The summed E-state index contributed by atoms with van der Waals surface area (Å²) >= 11 is 0. The van der Waals surface area contributed by atoms with Crippen LogP contribution in [0.4, 0.5) is 0 Å². The van der Waals surface area contributed by atoms with Gasteiger partial charge in [-0.05, 0) is 39.3 Å². The summed E-state index contributed by atoms with van der Waals surface area (Å²) in [6.45, 7) is 4.70. The van der Waals surface area contributed by atoms with E-state index in [-0.39, 0.29) is 11.8 Å². The summed E-state index contributed by atoms with van der Waals surface area (Å²) in [6, 6.07) is 0. The highest BCUT2D eigenvalue weighted by molar-refractivity contribution is 5.75. The van der Waals surface area contributed by atoms with Crippen molar-refractivity contribution in [2.75, 3.05) is 13.1 Å². The number of nitrogens with one attached hydrogen (secondary N) is 1. The zero-order valence-corrected chi connectivity index (χ0v) is 9.47. The molecule has 15 heavy (non-hydrogen) atoms. The number of carbonyl (C=O) groups is 2. The van der Waals surface area contributed by atoms with Crippen LogP contribution in [0, 0.1) is 0 Å². The lowest BCUT2D eigenvalue weighted by molar-refractivity contribution is -0.161. The predicted octanol–water partition coefficient (Wildman–Crippen LogP) is 1.04. The van der Waals surface area contributed by atoms with Crippen LogP contribution in [-0.2, 0) is 14.3 Å². The van der Waals surface area contributed by atoms with Crippen molar-refractivity contribution in [2.45, 2.75) is 45.1 Å². The lowest BCUT2D eigenvalue weighted by atomic mass is 9.87. The van der Waals surface area contributed by atoms with Crippen LogP contribution in [0.25, 0.3) is 0 Å². The van der Waals surface area contributed by atoms with Crippen LogP contribution in [0.5, 0.6) is 0 Å². The number of hydrogen-bond donors (Lipinski definition) is 1. The molecule has 0 unspecified atom stereocenters. The fraction of sp³-hybridized carbons (Fsp3) is 0.818. The topological polar surface area (TPSA) is 55.4 Å². The van der Waals surface area contributed by atoms with Gasteiger partial charge in [-0.25, -0.2) is 0 Å². The first kappa shape index (κ1) is 12.2. The standard InChI is InChI=1S/C11H19NO3/c1-9(13)3-4-11(15-10(2)14)5-7-12-8-6-11/h12H,3-8H2,1-2H3. The molecule has 0 aromatic rings. The molecule has 1 aliphatic rings. The number of ether oxygens (including phenoxy) is 1. The van der Waals surface area contributed by atoms with E-state index in [4.69, 9.17) is 4.74 Å². The smallest absolute Gasteiger partial charge is 0.303 e. The maximum atomic E-state index is 11.0. The minimum atomic E-state index is -0.400. The van der Waals surface area contributed by atoms with Crippen LogP contribution < -0.4 is 5.32 Å². The Morgan fingerprint density at radius 3 is 2.33 bits per heavy atom. The Balaban J connectivity index is 2.57. The molecule has 4 nitrogen and oxygen atoms in total. The van der Waals surface area contributed by atoms with Gasteiger partial charge in [0.05, 0.1) is 0 Å². The highest BCUT2D eigenvalue weighted by Gasteiger charge is 2.34. The minimum Gasteiger partial charge on any atom is -0.459 e. The number of rotatable bonds is 4. The molecule has 0 aliphatic carbocycles. The van der Waals surface area contributed by atoms with E-state index < -0.39 is 5.60 Å². The van der Waals surface area contributed by atoms with E-state index in [1.54, 1.807) is 6.92 Å². The average Bonchev–Trinajstić information content (AvgIpc) is 2.15. The van der Waals surface area contributed by atoms with Crippen LogP contribution in [0.3, 0.4) is 0 Å². The van der Waals surface area contributed by atoms with Gasteiger partial charge in [-0.15, -0.1) is 0 Å². The maximum Gasteiger partial charge on any atom is 0.303 e. The van der Waals surface area contributed by atoms with Gasteiger partial charge in [0.2, 0.25) is 0 Å². The van der Waals surface area contributed by atoms with Crippen molar-refractivity contribution >= 4 is 11.8 Å². The van der Waals surface area contributed by atoms with Crippen LogP contribution >= 0.6 is 0 Å². The highest BCUT2D eigenvalue weighted by atomic mass is 16.6. The van der Waals surface area contributed by atoms with Crippen molar-refractivity contribution in [3.63, 3.8) is 0 Å². The van der Waals surface area contributed by atoms with Gasteiger partial charge in [0.1, 0.15) is 11.4 Å². The molecule has 0 amide bonds. The predicted molar refractivity (Wildman–Crippen MR) is 56.5 cm³/mol. The Morgan fingerprint density at radius 1 is 1.27 bits per heavy atom. The number of carbonyl (C=O) groups excluding carboxylic acids is 2. The Bertz CT molecular complexity index is 244. The van der Waals surface area contributed by atoms with Gasteiger partial charge < -0.3 is 14.8 Å². The van der Waals surface area contributed by atoms with Crippen LogP contribution in [-0.4, -0.2) is 30.4 Å². The number of Topliss-reactive ketones (excluding diaryl/α,β-unsaturated/α-hetero) is 1. The molecule has 1 heterocycles. The van der Waals surface area contributed by atoms with Crippen molar-refractivity contribution in [3.05, 3.63) is 0 Å². The van der Waals surface area contributed by atoms with E-state index in [1.165, 1.54) is 6.92 Å². The summed E-state index contributed by atoms with van der Waals surface area (Å²) in [5, 5.41) is 3.22. The lowest BCUT2D eigenvalue weighted by Crippen LogP contribution is -2.45. The second-order valence-electron chi connectivity index (χ2n) is 4.23. The number of hydrogen-bond acceptors (Lipinski definition) is 4. The molecular weight excluding hydrogens is 194 g/mol. The third-order valence-corrected chi connectivity index (χ3v) is 2.81.